The average molecular weight is 218 g/mol. The number of hydrogen-bond donors (Lipinski definition) is 2. The van der Waals surface area contributed by atoms with E-state index < -0.39 is 6.10 Å². The molecular weight excluding hydrogens is 204 g/mol. The van der Waals surface area contributed by atoms with Gasteiger partial charge in [-0.3, -0.25) is 4.98 Å². The van der Waals surface area contributed by atoms with E-state index in [-0.39, 0.29) is 6.54 Å². The van der Waals surface area contributed by atoms with Crippen LogP contribution in [0.3, 0.4) is 0 Å². The molecule has 1 aromatic heterocycles. The van der Waals surface area contributed by atoms with Crippen LogP contribution in [0, 0.1) is 0 Å². The van der Waals surface area contributed by atoms with Crippen molar-refractivity contribution >= 4 is 10.9 Å². The van der Waals surface area contributed by atoms with E-state index in [0.717, 1.165) is 10.9 Å². The number of methoxy groups -OCH3 is 1. The molecule has 84 valence electrons. The number of pyridine rings is 1. The lowest BCUT2D eigenvalue weighted by Crippen LogP contribution is -2.13. The van der Waals surface area contributed by atoms with Gasteiger partial charge in [0.05, 0.1) is 24.9 Å². The molecule has 0 spiro atoms. The maximum atomic E-state index is 9.91. The molecule has 1 aromatic carbocycles. The number of rotatable bonds is 3. The summed E-state index contributed by atoms with van der Waals surface area (Å²) in [4.78, 5) is 4.25. The smallest absolute Gasteiger partial charge is 0.143 e. The molecule has 2 rings (SSSR count). The van der Waals surface area contributed by atoms with Gasteiger partial charge in [-0.2, -0.15) is 0 Å². The van der Waals surface area contributed by atoms with E-state index in [2.05, 4.69) is 4.98 Å². The molecule has 16 heavy (non-hydrogen) atoms. The molecule has 0 fully saturated rings. The third kappa shape index (κ3) is 1.73. The van der Waals surface area contributed by atoms with Gasteiger partial charge in [0.1, 0.15) is 5.75 Å². The van der Waals surface area contributed by atoms with Gasteiger partial charge < -0.3 is 15.6 Å². The van der Waals surface area contributed by atoms with Crippen molar-refractivity contribution in [3.8, 4) is 5.75 Å². The van der Waals surface area contributed by atoms with Gasteiger partial charge in [0.15, 0.2) is 0 Å². The first-order valence-electron chi connectivity index (χ1n) is 5.07. The Labute approximate surface area is 93.7 Å². The van der Waals surface area contributed by atoms with Crippen LogP contribution in [0.25, 0.3) is 10.9 Å². The van der Waals surface area contributed by atoms with Crippen LogP contribution < -0.4 is 10.5 Å². The van der Waals surface area contributed by atoms with Crippen molar-refractivity contribution in [2.24, 2.45) is 5.73 Å². The molecule has 4 heteroatoms. The number of para-hydroxylation sites is 1. The highest BCUT2D eigenvalue weighted by Gasteiger charge is 2.15. The molecule has 0 radical (unpaired) electrons. The summed E-state index contributed by atoms with van der Waals surface area (Å²) >= 11 is 0. The average Bonchev–Trinajstić information content (AvgIpc) is 2.36. The van der Waals surface area contributed by atoms with E-state index in [1.807, 2.05) is 24.3 Å². The second-order valence-electron chi connectivity index (χ2n) is 3.51. The minimum atomic E-state index is -0.733. The van der Waals surface area contributed by atoms with Gasteiger partial charge in [0.25, 0.3) is 0 Å². The zero-order valence-electron chi connectivity index (χ0n) is 9.05. The predicted molar refractivity (Wildman–Crippen MR) is 62.3 cm³/mol. The number of nitrogens with two attached hydrogens (primary N) is 1. The number of aromatic nitrogens is 1. The van der Waals surface area contributed by atoms with Gasteiger partial charge >= 0.3 is 0 Å². The lowest BCUT2D eigenvalue weighted by Gasteiger charge is -2.15. The van der Waals surface area contributed by atoms with E-state index >= 15 is 0 Å². The molecule has 4 nitrogen and oxygen atoms in total. The highest BCUT2D eigenvalue weighted by molar-refractivity contribution is 5.84. The molecule has 0 saturated carbocycles. The predicted octanol–water partition coefficient (Wildman–Crippen LogP) is 1.24. The minimum Gasteiger partial charge on any atom is -0.495 e. The summed E-state index contributed by atoms with van der Waals surface area (Å²) in [6.07, 6.45) is 0.874. The monoisotopic (exact) mass is 218 g/mol. The SMILES string of the molecule is COc1cnc2ccccc2c1C(O)CN. The zero-order valence-corrected chi connectivity index (χ0v) is 9.05. The van der Waals surface area contributed by atoms with Crippen LogP contribution in [0.4, 0.5) is 0 Å². The topological polar surface area (TPSA) is 68.4 Å². The molecule has 1 heterocycles. The first-order valence-corrected chi connectivity index (χ1v) is 5.07. The van der Waals surface area contributed by atoms with Crippen LogP contribution >= 0.6 is 0 Å². The molecule has 2 aromatic rings. The maximum absolute atomic E-state index is 9.91. The van der Waals surface area contributed by atoms with Crippen molar-refractivity contribution in [1.29, 1.82) is 0 Å². The second-order valence-corrected chi connectivity index (χ2v) is 3.51. The van der Waals surface area contributed by atoms with Crippen LogP contribution in [0.2, 0.25) is 0 Å². The number of aliphatic hydroxyl groups is 1. The van der Waals surface area contributed by atoms with Crippen LogP contribution in [0.15, 0.2) is 30.5 Å². The van der Waals surface area contributed by atoms with Crippen molar-refractivity contribution in [2.45, 2.75) is 6.10 Å². The largest absolute Gasteiger partial charge is 0.495 e. The summed E-state index contributed by atoms with van der Waals surface area (Å²) in [6, 6.07) is 7.59. The molecule has 0 saturated heterocycles. The molecule has 3 N–H and O–H groups in total. The number of aliphatic hydroxyl groups excluding tert-OH is 1. The van der Waals surface area contributed by atoms with Gasteiger partial charge in [-0.05, 0) is 6.07 Å². The van der Waals surface area contributed by atoms with E-state index in [1.165, 1.54) is 0 Å². The molecule has 0 amide bonds. The number of benzene rings is 1. The minimum absolute atomic E-state index is 0.157. The van der Waals surface area contributed by atoms with Gasteiger partial charge in [-0.15, -0.1) is 0 Å². The summed E-state index contributed by atoms with van der Waals surface area (Å²) < 4.78 is 5.20. The molecule has 0 bridgehead atoms. The van der Waals surface area contributed by atoms with Crippen molar-refractivity contribution in [3.63, 3.8) is 0 Å². The fourth-order valence-electron chi connectivity index (χ4n) is 1.77. The Bertz CT molecular complexity index is 499. The maximum Gasteiger partial charge on any atom is 0.143 e. The Kier molecular flexibility index (Phi) is 3.03. The van der Waals surface area contributed by atoms with Gasteiger partial charge in [0.2, 0.25) is 0 Å². The molecule has 0 aliphatic carbocycles. The van der Waals surface area contributed by atoms with Crippen molar-refractivity contribution < 1.29 is 9.84 Å². The van der Waals surface area contributed by atoms with E-state index in [1.54, 1.807) is 13.3 Å². The molecule has 0 aliphatic rings. The van der Waals surface area contributed by atoms with Gasteiger partial charge in [-0.1, -0.05) is 18.2 Å². The Morgan fingerprint density at radius 3 is 2.88 bits per heavy atom. The Morgan fingerprint density at radius 1 is 1.44 bits per heavy atom. The second kappa shape index (κ2) is 4.47. The summed E-state index contributed by atoms with van der Waals surface area (Å²) in [5, 5.41) is 10.8. The van der Waals surface area contributed by atoms with Crippen molar-refractivity contribution in [2.75, 3.05) is 13.7 Å². The van der Waals surface area contributed by atoms with E-state index in [9.17, 15) is 5.11 Å². The summed E-state index contributed by atoms with van der Waals surface area (Å²) in [7, 11) is 1.55. The lowest BCUT2D eigenvalue weighted by molar-refractivity contribution is 0.183. The molecule has 1 unspecified atom stereocenters. The fourth-order valence-corrected chi connectivity index (χ4v) is 1.77. The quantitative estimate of drug-likeness (QED) is 0.813. The number of nitrogens with zero attached hydrogens (tertiary/aromatic N) is 1. The van der Waals surface area contributed by atoms with E-state index in [4.69, 9.17) is 10.5 Å². The Hall–Kier alpha value is -1.65. The highest BCUT2D eigenvalue weighted by atomic mass is 16.5. The van der Waals surface area contributed by atoms with E-state index in [0.29, 0.717) is 11.3 Å². The zero-order chi connectivity index (χ0) is 11.5. The third-order valence-electron chi connectivity index (χ3n) is 2.56. The molecule has 1 atom stereocenters. The standard InChI is InChI=1S/C12H14N2O2/c1-16-11-7-14-9-5-3-2-4-8(9)12(11)10(15)6-13/h2-5,7,10,15H,6,13H2,1H3. The normalized spacial score (nSPS) is 12.7. The first-order chi connectivity index (χ1) is 7.77. The van der Waals surface area contributed by atoms with Crippen LogP contribution in [0.1, 0.15) is 11.7 Å². The van der Waals surface area contributed by atoms with Crippen LogP contribution in [0.5, 0.6) is 5.75 Å². The molecule has 0 aliphatic heterocycles. The number of hydrogen-bond acceptors (Lipinski definition) is 4. The van der Waals surface area contributed by atoms with Crippen LogP contribution in [-0.4, -0.2) is 23.7 Å². The summed E-state index contributed by atoms with van der Waals surface area (Å²) in [6.45, 7) is 0.157. The summed E-state index contributed by atoms with van der Waals surface area (Å²) in [5.41, 5.74) is 7.02. The highest BCUT2D eigenvalue weighted by Crippen LogP contribution is 2.30. The Morgan fingerprint density at radius 2 is 2.19 bits per heavy atom. The van der Waals surface area contributed by atoms with Crippen LogP contribution in [-0.2, 0) is 0 Å². The van der Waals surface area contributed by atoms with Crippen molar-refractivity contribution in [3.05, 3.63) is 36.0 Å². The summed E-state index contributed by atoms with van der Waals surface area (Å²) in [5.74, 6) is 0.566. The number of ether oxygens (including phenoxy) is 1. The number of fused-ring (bicyclic) bond motifs is 1. The fraction of sp³-hybridized carbons (Fsp3) is 0.250. The van der Waals surface area contributed by atoms with Gasteiger partial charge in [-0.25, -0.2) is 0 Å². The Balaban J connectivity index is 2.72. The third-order valence-corrected chi connectivity index (χ3v) is 2.56. The van der Waals surface area contributed by atoms with Crippen molar-refractivity contribution in [1.82, 2.24) is 4.98 Å². The lowest BCUT2D eigenvalue weighted by atomic mass is 10.0. The van der Waals surface area contributed by atoms with Gasteiger partial charge in [0, 0.05) is 17.5 Å². The first kappa shape index (κ1) is 10.9. The molecular formula is C12H14N2O2.